The van der Waals surface area contributed by atoms with Crippen LogP contribution in [0.3, 0.4) is 0 Å². The molecule has 0 aliphatic carbocycles. The molecule has 0 fully saturated rings. The Kier molecular flexibility index (Phi) is 4.25. The number of halogens is 1. The fourth-order valence-corrected chi connectivity index (χ4v) is 3.71. The highest BCUT2D eigenvalue weighted by molar-refractivity contribution is 9.10. The molecule has 1 aliphatic heterocycles. The summed E-state index contributed by atoms with van der Waals surface area (Å²) in [6.07, 6.45) is 0.320. The largest absolute Gasteiger partial charge is 0.348 e. The lowest BCUT2D eigenvalue weighted by Gasteiger charge is -2.23. The topological polar surface area (TPSA) is 80.1 Å². The number of thiophene rings is 1. The lowest BCUT2D eigenvalue weighted by Crippen LogP contribution is -2.38. The quantitative estimate of drug-likeness (QED) is 0.855. The average molecular weight is 384 g/mol. The lowest BCUT2D eigenvalue weighted by atomic mass is 10.3. The SMILES string of the molecule is CN1CCn2c(CNC(=O)Cc3sccc3Br)nnc2C1=O. The maximum atomic E-state index is 12.0. The number of amides is 2. The highest BCUT2D eigenvalue weighted by atomic mass is 79.9. The lowest BCUT2D eigenvalue weighted by molar-refractivity contribution is -0.120. The zero-order valence-electron chi connectivity index (χ0n) is 11.9. The van der Waals surface area contributed by atoms with Crippen molar-refractivity contribution in [1.82, 2.24) is 25.0 Å². The molecule has 2 aromatic heterocycles. The van der Waals surface area contributed by atoms with Gasteiger partial charge in [-0.05, 0) is 27.4 Å². The van der Waals surface area contributed by atoms with Crippen LogP contribution in [0.2, 0.25) is 0 Å². The molecule has 1 aliphatic rings. The first-order valence-corrected chi connectivity index (χ1v) is 8.39. The van der Waals surface area contributed by atoms with Crippen molar-refractivity contribution in [2.75, 3.05) is 13.6 Å². The second-order valence-electron chi connectivity index (χ2n) is 4.96. The summed E-state index contributed by atoms with van der Waals surface area (Å²) >= 11 is 4.94. The molecule has 3 rings (SSSR count). The Balaban J connectivity index is 1.63. The number of hydrogen-bond donors (Lipinski definition) is 1. The van der Waals surface area contributed by atoms with E-state index in [4.69, 9.17) is 0 Å². The maximum Gasteiger partial charge on any atom is 0.291 e. The summed E-state index contributed by atoms with van der Waals surface area (Å²) in [5.74, 6) is 0.715. The van der Waals surface area contributed by atoms with Gasteiger partial charge in [0.25, 0.3) is 5.91 Å². The zero-order valence-corrected chi connectivity index (χ0v) is 14.3. The fourth-order valence-electron chi connectivity index (χ4n) is 2.22. The van der Waals surface area contributed by atoms with Crippen LogP contribution in [0, 0.1) is 0 Å². The molecular formula is C13H14BrN5O2S. The third-order valence-electron chi connectivity index (χ3n) is 3.48. The van der Waals surface area contributed by atoms with Crippen LogP contribution in [0.1, 0.15) is 21.3 Å². The molecule has 0 spiro atoms. The van der Waals surface area contributed by atoms with E-state index in [0.29, 0.717) is 31.2 Å². The van der Waals surface area contributed by atoms with Gasteiger partial charge in [0.15, 0.2) is 5.82 Å². The van der Waals surface area contributed by atoms with Crippen LogP contribution >= 0.6 is 27.3 Å². The van der Waals surface area contributed by atoms with E-state index in [-0.39, 0.29) is 18.4 Å². The molecule has 2 amide bonds. The van der Waals surface area contributed by atoms with Crippen molar-refractivity contribution in [3.05, 3.63) is 32.4 Å². The molecule has 0 bridgehead atoms. The average Bonchev–Trinajstić information content (AvgIpc) is 3.08. The van der Waals surface area contributed by atoms with Gasteiger partial charge in [-0.3, -0.25) is 9.59 Å². The van der Waals surface area contributed by atoms with E-state index in [1.807, 2.05) is 11.4 Å². The molecule has 7 nitrogen and oxygen atoms in total. The third kappa shape index (κ3) is 2.91. The molecule has 3 heterocycles. The summed E-state index contributed by atoms with van der Waals surface area (Å²) < 4.78 is 2.71. The van der Waals surface area contributed by atoms with Crippen molar-refractivity contribution >= 4 is 39.1 Å². The molecule has 0 atom stereocenters. The van der Waals surface area contributed by atoms with Crippen molar-refractivity contribution in [3.63, 3.8) is 0 Å². The van der Waals surface area contributed by atoms with Crippen LogP contribution < -0.4 is 5.32 Å². The Bertz CT molecular complexity index is 726. The minimum Gasteiger partial charge on any atom is -0.348 e. The molecule has 0 radical (unpaired) electrons. The van der Waals surface area contributed by atoms with Crippen molar-refractivity contribution in [3.8, 4) is 0 Å². The number of hydrogen-bond acceptors (Lipinski definition) is 5. The van der Waals surface area contributed by atoms with Gasteiger partial charge in [-0.1, -0.05) is 0 Å². The van der Waals surface area contributed by atoms with Gasteiger partial charge in [0.1, 0.15) is 0 Å². The zero-order chi connectivity index (χ0) is 15.7. The van der Waals surface area contributed by atoms with Gasteiger partial charge >= 0.3 is 0 Å². The number of nitrogens with zero attached hydrogens (tertiary/aromatic N) is 4. The number of rotatable bonds is 4. The number of carbonyl (C=O) groups is 2. The summed E-state index contributed by atoms with van der Waals surface area (Å²) in [5, 5.41) is 12.7. The Morgan fingerprint density at radius 3 is 3.00 bits per heavy atom. The normalized spacial score (nSPS) is 14.1. The predicted molar refractivity (Wildman–Crippen MR) is 84.6 cm³/mol. The van der Waals surface area contributed by atoms with Gasteiger partial charge in [0, 0.05) is 29.5 Å². The van der Waals surface area contributed by atoms with Crippen molar-refractivity contribution in [1.29, 1.82) is 0 Å². The smallest absolute Gasteiger partial charge is 0.291 e. The van der Waals surface area contributed by atoms with E-state index in [1.54, 1.807) is 16.5 Å². The van der Waals surface area contributed by atoms with E-state index < -0.39 is 0 Å². The fraction of sp³-hybridized carbons (Fsp3) is 0.385. The van der Waals surface area contributed by atoms with Crippen molar-refractivity contribution in [2.45, 2.75) is 19.5 Å². The summed E-state index contributed by atoms with van der Waals surface area (Å²) in [6, 6.07) is 1.92. The van der Waals surface area contributed by atoms with Gasteiger partial charge in [0.2, 0.25) is 11.7 Å². The van der Waals surface area contributed by atoms with E-state index in [9.17, 15) is 9.59 Å². The summed E-state index contributed by atoms with van der Waals surface area (Å²) in [6.45, 7) is 1.53. The second-order valence-corrected chi connectivity index (χ2v) is 6.82. The first-order chi connectivity index (χ1) is 10.6. The standard InChI is InChI=1S/C13H14BrN5O2S/c1-18-3-4-19-10(16-17-12(19)13(18)21)7-15-11(20)6-9-8(14)2-5-22-9/h2,5H,3-4,6-7H2,1H3,(H,15,20). The molecule has 2 aromatic rings. The Labute approximate surface area is 139 Å². The molecule has 0 saturated heterocycles. The number of fused-ring (bicyclic) bond motifs is 1. The monoisotopic (exact) mass is 383 g/mol. The highest BCUT2D eigenvalue weighted by Crippen LogP contribution is 2.22. The molecule has 0 aromatic carbocycles. The molecule has 1 N–H and O–H groups in total. The van der Waals surface area contributed by atoms with Gasteiger partial charge < -0.3 is 14.8 Å². The summed E-state index contributed by atoms with van der Waals surface area (Å²) in [5.41, 5.74) is 0. The molecule has 116 valence electrons. The van der Waals surface area contributed by atoms with Crippen molar-refractivity contribution in [2.24, 2.45) is 0 Å². The minimum absolute atomic E-state index is 0.0836. The number of likely N-dealkylation sites (N-methyl/N-ethyl adjacent to an activating group) is 1. The molecule has 22 heavy (non-hydrogen) atoms. The van der Waals surface area contributed by atoms with Gasteiger partial charge in [-0.2, -0.15) is 0 Å². The summed E-state index contributed by atoms with van der Waals surface area (Å²) in [4.78, 5) is 26.5. The number of carbonyl (C=O) groups excluding carboxylic acids is 2. The van der Waals surface area contributed by atoms with Crippen LogP contribution in [0.15, 0.2) is 15.9 Å². The Morgan fingerprint density at radius 2 is 2.27 bits per heavy atom. The highest BCUT2D eigenvalue weighted by Gasteiger charge is 2.26. The molecule has 9 heteroatoms. The predicted octanol–water partition coefficient (Wildman–Crippen LogP) is 1.05. The number of aromatic nitrogens is 3. The minimum atomic E-state index is -0.140. The van der Waals surface area contributed by atoms with Crippen LogP contribution in [0.5, 0.6) is 0 Å². The van der Waals surface area contributed by atoms with Gasteiger partial charge in [0.05, 0.1) is 13.0 Å². The molecule has 0 saturated carbocycles. The molecular weight excluding hydrogens is 370 g/mol. The Hall–Kier alpha value is -1.74. The first-order valence-electron chi connectivity index (χ1n) is 6.72. The molecule has 0 unspecified atom stereocenters. The van der Waals surface area contributed by atoms with Crippen LogP contribution in [0.25, 0.3) is 0 Å². The second kappa shape index (κ2) is 6.17. The summed E-state index contributed by atoms with van der Waals surface area (Å²) in [7, 11) is 1.74. The Morgan fingerprint density at radius 1 is 1.45 bits per heavy atom. The third-order valence-corrected chi connectivity index (χ3v) is 5.41. The van der Waals surface area contributed by atoms with Gasteiger partial charge in [-0.15, -0.1) is 21.5 Å². The van der Waals surface area contributed by atoms with Crippen molar-refractivity contribution < 1.29 is 9.59 Å². The van der Waals surface area contributed by atoms with E-state index in [0.717, 1.165) is 9.35 Å². The maximum absolute atomic E-state index is 12.0. The number of nitrogens with one attached hydrogen (secondary N) is 1. The first kappa shape index (κ1) is 15.2. The van der Waals surface area contributed by atoms with E-state index >= 15 is 0 Å². The van der Waals surface area contributed by atoms with Crippen LogP contribution in [0.4, 0.5) is 0 Å². The van der Waals surface area contributed by atoms with E-state index in [2.05, 4.69) is 31.4 Å². The van der Waals surface area contributed by atoms with Crippen LogP contribution in [-0.4, -0.2) is 45.1 Å². The van der Waals surface area contributed by atoms with Crippen LogP contribution in [-0.2, 0) is 24.3 Å². The van der Waals surface area contributed by atoms with Gasteiger partial charge in [-0.25, -0.2) is 0 Å². The van der Waals surface area contributed by atoms with E-state index in [1.165, 1.54) is 11.3 Å².